The Morgan fingerprint density at radius 3 is 2.45 bits per heavy atom. The molecule has 2 N–H and O–H groups in total. The van der Waals surface area contributed by atoms with Crippen molar-refractivity contribution in [1.29, 1.82) is 0 Å². The molecule has 1 amide bonds. The number of rotatable bonds is 6. The molecule has 1 unspecified atom stereocenters. The Labute approximate surface area is 127 Å². The van der Waals surface area contributed by atoms with E-state index in [-0.39, 0.29) is 13.0 Å². The van der Waals surface area contributed by atoms with Gasteiger partial charge in [-0.25, -0.2) is 4.79 Å². The second kappa shape index (κ2) is 7.78. The molecule has 2 aromatic rings. The number of aromatic nitrogens is 1. The lowest BCUT2D eigenvalue weighted by molar-refractivity contribution is -0.137. The van der Waals surface area contributed by atoms with Crippen LogP contribution in [-0.2, 0) is 16.1 Å². The smallest absolute Gasteiger partial charge is 0.407 e. The van der Waals surface area contributed by atoms with Crippen LogP contribution < -0.4 is 5.32 Å². The van der Waals surface area contributed by atoms with Crippen LogP contribution in [0.1, 0.15) is 23.6 Å². The monoisotopic (exact) mass is 300 g/mol. The number of ether oxygens (including phenoxy) is 1. The molecule has 0 aliphatic carbocycles. The molecule has 22 heavy (non-hydrogen) atoms. The lowest BCUT2D eigenvalue weighted by Gasteiger charge is -2.17. The highest BCUT2D eigenvalue weighted by molar-refractivity contribution is 5.71. The van der Waals surface area contributed by atoms with Gasteiger partial charge in [0.05, 0.1) is 12.5 Å². The minimum atomic E-state index is -1.01. The van der Waals surface area contributed by atoms with Gasteiger partial charge in [-0.3, -0.25) is 9.78 Å². The van der Waals surface area contributed by atoms with E-state index in [0.717, 1.165) is 5.56 Å². The number of alkyl carbamates (subject to hydrolysis) is 1. The Kier molecular flexibility index (Phi) is 5.48. The highest BCUT2D eigenvalue weighted by Crippen LogP contribution is 2.16. The number of hydrogen-bond donors (Lipinski definition) is 2. The fourth-order valence-electron chi connectivity index (χ4n) is 1.93. The van der Waals surface area contributed by atoms with Gasteiger partial charge < -0.3 is 15.2 Å². The fourth-order valence-corrected chi connectivity index (χ4v) is 1.93. The molecular formula is C16H16N2O4. The molecule has 0 bridgehead atoms. The van der Waals surface area contributed by atoms with E-state index in [4.69, 9.17) is 9.84 Å². The van der Waals surface area contributed by atoms with Crippen LogP contribution in [0.4, 0.5) is 4.79 Å². The fraction of sp³-hybridized carbons (Fsp3) is 0.188. The predicted molar refractivity (Wildman–Crippen MR) is 79.0 cm³/mol. The topological polar surface area (TPSA) is 88.5 Å². The third-order valence-corrected chi connectivity index (χ3v) is 2.99. The van der Waals surface area contributed by atoms with Gasteiger partial charge >= 0.3 is 12.1 Å². The maximum absolute atomic E-state index is 11.8. The standard InChI is InChI=1S/C16H16N2O4/c19-15(20)10-14(13-6-8-17-9-7-13)18-16(21)22-11-12-4-2-1-3-5-12/h1-9,14H,10-11H2,(H,18,21)(H,19,20). The van der Waals surface area contributed by atoms with Crippen molar-refractivity contribution in [2.75, 3.05) is 0 Å². The highest BCUT2D eigenvalue weighted by atomic mass is 16.5. The summed E-state index contributed by atoms with van der Waals surface area (Å²) >= 11 is 0. The summed E-state index contributed by atoms with van der Waals surface area (Å²) in [5.74, 6) is -1.01. The molecule has 6 nitrogen and oxygen atoms in total. The molecule has 0 saturated carbocycles. The van der Waals surface area contributed by atoms with E-state index in [1.807, 2.05) is 30.3 Å². The molecule has 2 rings (SSSR count). The summed E-state index contributed by atoms with van der Waals surface area (Å²) in [5, 5.41) is 11.5. The van der Waals surface area contributed by atoms with E-state index in [9.17, 15) is 9.59 Å². The molecule has 114 valence electrons. The minimum Gasteiger partial charge on any atom is -0.481 e. The Balaban J connectivity index is 1.95. The van der Waals surface area contributed by atoms with Crippen molar-refractivity contribution < 1.29 is 19.4 Å². The third-order valence-electron chi connectivity index (χ3n) is 2.99. The van der Waals surface area contributed by atoms with Crippen LogP contribution in [0.15, 0.2) is 54.9 Å². The van der Waals surface area contributed by atoms with Crippen molar-refractivity contribution in [2.45, 2.75) is 19.1 Å². The average molecular weight is 300 g/mol. The predicted octanol–water partition coefficient (Wildman–Crippen LogP) is 2.52. The molecule has 1 aromatic heterocycles. The summed E-state index contributed by atoms with van der Waals surface area (Å²) in [6, 6.07) is 11.9. The summed E-state index contributed by atoms with van der Waals surface area (Å²) in [6.07, 6.45) is 2.19. The molecule has 0 saturated heterocycles. The van der Waals surface area contributed by atoms with E-state index < -0.39 is 18.1 Å². The van der Waals surface area contributed by atoms with Gasteiger partial charge in [0.25, 0.3) is 0 Å². The number of carboxylic acid groups (broad SMARTS) is 1. The Morgan fingerprint density at radius 1 is 1.14 bits per heavy atom. The largest absolute Gasteiger partial charge is 0.481 e. The third kappa shape index (κ3) is 4.90. The molecule has 1 atom stereocenters. The normalized spacial score (nSPS) is 11.5. The molecule has 0 aliphatic rings. The first kappa shape index (κ1) is 15.5. The zero-order chi connectivity index (χ0) is 15.8. The molecular weight excluding hydrogens is 284 g/mol. The number of nitrogens with one attached hydrogen (secondary N) is 1. The van der Waals surface area contributed by atoms with Crippen LogP contribution in [0, 0.1) is 0 Å². The number of hydrogen-bond acceptors (Lipinski definition) is 4. The molecule has 6 heteroatoms. The number of nitrogens with zero attached hydrogens (tertiary/aromatic N) is 1. The number of pyridine rings is 1. The van der Waals surface area contributed by atoms with Gasteiger partial charge in [-0.05, 0) is 23.3 Å². The van der Waals surface area contributed by atoms with Crippen LogP contribution >= 0.6 is 0 Å². The SMILES string of the molecule is O=C(O)CC(NC(=O)OCc1ccccc1)c1ccncc1. The molecule has 0 spiro atoms. The average Bonchev–Trinajstić information content (AvgIpc) is 2.54. The lowest BCUT2D eigenvalue weighted by Crippen LogP contribution is -2.30. The van der Waals surface area contributed by atoms with Crippen LogP contribution in [0.25, 0.3) is 0 Å². The maximum atomic E-state index is 11.8. The number of carbonyl (C=O) groups excluding carboxylic acids is 1. The van der Waals surface area contributed by atoms with E-state index in [1.165, 1.54) is 0 Å². The van der Waals surface area contributed by atoms with E-state index in [1.54, 1.807) is 24.5 Å². The van der Waals surface area contributed by atoms with E-state index in [2.05, 4.69) is 10.3 Å². The minimum absolute atomic E-state index is 0.128. The summed E-state index contributed by atoms with van der Waals surface area (Å²) < 4.78 is 5.10. The highest BCUT2D eigenvalue weighted by Gasteiger charge is 2.18. The van der Waals surface area contributed by atoms with Gasteiger partial charge in [-0.15, -0.1) is 0 Å². The molecule has 0 aliphatic heterocycles. The van der Waals surface area contributed by atoms with Crippen molar-refractivity contribution in [3.8, 4) is 0 Å². The number of aliphatic carboxylic acids is 1. The number of carbonyl (C=O) groups is 2. The van der Waals surface area contributed by atoms with E-state index in [0.29, 0.717) is 5.56 Å². The first-order valence-corrected chi connectivity index (χ1v) is 6.74. The van der Waals surface area contributed by atoms with Gasteiger partial charge in [0.15, 0.2) is 0 Å². The zero-order valence-electron chi connectivity index (χ0n) is 11.8. The van der Waals surface area contributed by atoms with Crippen molar-refractivity contribution in [1.82, 2.24) is 10.3 Å². The van der Waals surface area contributed by atoms with Gasteiger partial charge in [0.2, 0.25) is 0 Å². The first-order valence-electron chi connectivity index (χ1n) is 6.74. The summed E-state index contributed by atoms with van der Waals surface area (Å²) in [4.78, 5) is 26.6. The van der Waals surface area contributed by atoms with Crippen molar-refractivity contribution in [3.05, 3.63) is 66.0 Å². The second-order valence-corrected chi connectivity index (χ2v) is 4.64. The van der Waals surface area contributed by atoms with E-state index >= 15 is 0 Å². The molecule has 0 radical (unpaired) electrons. The molecule has 0 fully saturated rings. The summed E-state index contributed by atoms with van der Waals surface area (Å²) in [6.45, 7) is 0.128. The second-order valence-electron chi connectivity index (χ2n) is 4.64. The number of carboxylic acids is 1. The molecule has 1 aromatic carbocycles. The Bertz CT molecular complexity index is 617. The van der Waals surface area contributed by atoms with Crippen LogP contribution in [0.2, 0.25) is 0 Å². The van der Waals surface area contributed by atoms with Crippen LogP contribution in [0.3, 0.4) is 0 Å². The zero-order valence-corrected chi connectivity index (χ0v) is 11.8. The number of amides is 1. The summed E-state index contributed by atoms with van der Waals surface area (Å²) in [5.41, 5.74) is 1.52. The van der Waals surface area contributed by atoms with Gasteiger partial charge in [-0.1, -0.05) is 30.3 Å². The van der Waals surface area contributed by atoms with Crippen LogP contribution in [-0.4, -0.2) is 22.2 Å². The Hall–Kier alpha value is -2.89. The lowest BCUT2D eigenvalue weighted by atomic mass is 10.1. The van der Waals surface area contributed by atoms with Gasteiger partial charge in [0.1, 0.15) is 6.61 Å². The van der Waals surface area contributed by atoms with Crippen LogP contribution in [0.5, 0.6) is 0 Å². The van der Waals surface area contributed by atoms with Crippen molar-refractivity contribution in [3.63, 3.8) is 0 Å². The maximum Gasteiger partial charge on any atom is 0.407 e. The van der Waals surface area contributed by atoms with Gasteiger partial charge in [-0.2, -0.15) is 0 Å². The van der Waals surface area contributed by atoms with Gasteiger partial charge in [0, 0.05) is 12.4 Å². The summed E-state index contributed by atoms with van der Waals surface area (Å²) in [7, 11) is 0. The van der Waals surface area contributed by atoms with Crippen molar-refractivity contribution in [2.24, 2.45) is 0 Å². The Morgan fingerprint density at radius 2 is 1.82 bits per heavy atom. The first-order chi connectivity index (χ1) is 10.6. The number of benzene rings is 1. The quantitative estimate of drug-likeness (QED) is 0.855. The molecule has 1 heterocycles. The van der Waals surface area contributed by atoms with Crippen molar-refractivity contribution >= 4 is 12.1 Å².